The van der Waals surface area contributed by atoms with E-state index in [0.29, 0.717) is 12.5 Å². The van der Waals surface area contributed by atoms with Crippen LogP contribution in [0.15, 0.2) is 24.4 Å². The second kappa shape index (κ2) is 8.00. The molecule has 2 aliphatic heterocycles. The fourth-order valence-corrected chi connectivity index (χ4v) is 4.63. The van der Waals surface area contributed by atoms with Gasteiger partial charge >= 0.3 is 0 Å². The number of likely N-dealkylation sites (tertiary alicyclic amines) is 1. The Balaban J connectivity index is 1.33. The Morgan fingerprint density at radius 3 is 2.70 bits per heavy atom. The zero-order valence-corrected chi connectivity index (χ0v) is 16.2. The third-order valence-corrected chi connectivity index (χ3v) is 6.13. The third kappa shape index (κ3) is 4.03. The number of nitrogens with zero attached hydrogens (tertiary/aromatic N) is 2. The Hall–Kier alpha value is -1.89. The molecule has 1 atom stereocenters. The van der Waals surface area contributed by atoms with Crippen molar-refractivity contribution in [1.82, 2.24) is 20.1 Å². The van der Waals surface area contributed by atoms with Crippen LogP contribution in [-0.2, 0) is 11.2 Å². The van der Waals surface area contributed by atoms with Crippen LogP contribution in [0.2, 0.25) is 0 Å². The second-order valence-corrected chi connectivity index (χ2v) is 8.01. The molecule has 0 saturated carbocycles. The van der Waals surface area contributed by atoms with Gasteiger partial charge in [0.05, 0.1) is 6.04 Å². The number of piperazine rings is 1. The smallest absolute Gasteiger partial charge is 0.239 e. The van der Waals surface area contributed by atoms with E-state index in [1.165, 1.54) is 10.9 Å². The summed E-state index contributed by atoms with van der Waals surface area (Å²) >= 11 is 0. The van der Waals surface area contributed by atoms with Crippen LogP contribution < -0.4 is 11.1 Å². The van der Waals surface area contributed by atoms with Crippen LogP contribution in [0.4, 0.5) is 0 Å². The summed E-state index contributed by atoms with van der Waals surface area (Å²) in [6.45, 7) is 8.16. The fraction of sp³-hybridized carbons (Fsp3) is 0.571. The van der Waals surface area contributed by atoms with E-state index in [9.17, 15) is 4.79 Å². The van der Waals surface area contributed by atoms with Crippen molar-refractivity contribution in [3.8, 4) is 0 Å². The SMILES string of the molecule is Cc1cc(CC(N)C(=O)N2CCC(N3CCNCC3)CC2)cc2cc[nH]c12. The van der Waals surface area contributed by atoms with Crippen molar-refractivity contribution in [3.63, 3.8) is 0 Å². The number of aryl methyl sites for hydroxylation is 1. The summed E-state index contributed by atoms with van der Waals surface area (Å²) in [5, 5.41) is 4.59. The normalized spacial score (nSPS) is 20.9. The molecule has 146 valence electrons. The molecule has 6 nitrogen and oxygen atoms in total. The van der Waals surface area contributed by atoms with E-state index in [1.54, 1.807) is 0 Å². The van der Waals surface area contributed by atoms with Crippen LogP contribution in [0, 0.1) is 6.92 Å². The molecule has 0 spiro atoms. The Morgan fingerprint density at radius 1 is 1.22 bits per heavy atom. The molecule has 1 amide bonds. The zero-order valence-electron chi connectivity index (χ0n) is 16.2. The van der Waals surface area contributed by atoms with Gasteiger partial charge in [-0.15, -0.1) is 0 Å². The summed E-state index contributed by atoms with van der Waals surface area (Å²) in [5.41, 5.74) is 9.80. The number of piperidine rings is 1. The lowest BCUT2D eigenvalue weighted by molar-refractivity contribution is -0.134. The van der Waals surface area contributed by atoms with Crippen molar-refractivity contribution >= 4 is 16.8 Å². The lowest BCUT2D eigenvalue weighted by Crippen LogP contribution is -2.54. The Kier molecular flexibility index (Phi) is 5.48. The lowest BCUT2D eigenvalue weighted by Gasteiger charge is -2.40. The molecule has 4 rings (SSSR count). The second-order valence-electron chi connectivity index (χ2n) is 8.01. The fourth-order valence-electron chi connectivity index (χ4n) is 4.63. The highest BCUT2D eigenvalue weighted by molar-refractivity contribution is 5.84. The van der Waals surface area contributed by atoms with E-state index in [1.807, 2.05) is 11.1 Å². The van der Waals surface area contributed by atoms with Gasteiger partial charge in [0.2, 0.25) is 5.91 Å². The highest BCUT2D eigenvalue weighted by Gasteiger charge is 2.29. The van der Waals surface area contributed by atoms with Gasteiger partial charge in [0, 0.05) is 57.0 Å². The number of amides is 1. The molecule has 2 aliphatic rings. The summed E-state index contributed by atoms with van der Waals surface area (Å²) in [6.07, 6.45) is 4.67. The number of hydrogen-bond donors (Lipinski definition) is 3. The third-order valence-electron chi connectivity index (χ3n) is 6.13. The van der Waals surface area contributed by atoms with Gasteiger partial charge in [-0.1, -0.05) is 6.07 Å². The average molecular weight is 370 g/mol. The number of carbonyl (C=O) groups excluding carboxylic acids is 1. The van der Waals surface area contributed by atoms with Gasteiger partial charge in [0.1, 0.15) is 0 Å². The van der Waals surface area contributed by atoms with Crippen LogP contribution in [0.5, 0.6) is 0 Å². The maximum atomic E-state index is 12.9. The van der Waals surface area contributed by atoms with Gasteiger partial charge in [-0.3, -0.25) is 9.69 Å². The van der Waals surface area contributed by atoms with Crippen LogP contribution in [0.25, 0.3) is 10.9 Å². The van der Waals surface area contributed by atoms with E-state index in [2.05, 4.69) is 40.3 Å². The predicted molar refractivity (Wildman–Crippen MR) is 109 cm³/mol. The molecule has 2 fully saturated rings. The molecule has 0 aliphatic carbocycles. The van der Waals surface area contributed by atoms with E-state index in [4.69, 9.17) is 5.73 Å². The first kappa shape index (κ1) is 18.5. The summed E-state index contributed by atoms with van der Waals surface area (Å²) in [4.78, 5) is 20.7. The molecule has 2 aromatic rings. The number of benzene rings is 1. The zero-order chi connectivity index (χ0) is 18.8. The number of nitrogens with one attached hydrogen (secondary N) is 2. The summed E-state index contributed by atoms with van der Waals surface area (Å²) in [6, 6.07) is 6.51. The molecule has 2 saturated heterocycles. The minimum absolute atomic E-state index is 0.0978. The van der Waals surface area contributed by atoms with Crippen LogP contribution in [-0.4, -0.2) is 72.0 Å². The molecule has 0 bridgehead atoms. The van der Waals surface area contributed by atoms with Gasteiger partial charge in [0.15, 0.2) is 0 Å². The maximum Gasteiger partial charge on any atom is 0.239 e. The minimum Gasteiger partial charge on any atom is -0.361 e. The quantitative estimate of drug-likeness (QED) is 0.758. The highest BCUT2D eigenvalue weighted by Crippen LogP contribution is 2.21. The van der Waals surface area contributed by atoms with Crippen molar-refractivity contribution in [2.24, 2.45) is 5.73 Å². The Bertz CT molecular complexity index is 787. The van der Waals surface area contributed by atoms with Crippen molar-refractivity contribution in [2.75, 3.05) is 39.3 Å². The van der Waals surface area contributed by atoms with Gasteiger partial charge in [-0.2, -0.15) is 0 Å². The van der Waals surface area contributed by atoms with E-state index >= 15 is 0 Å². The molecule has 4 N–H and O–H groups in total. The van der Waals surface area contributed by atoms with Crippen molar-refractivity contribution in [2.45, 2.75) is 38.3 Å². The first-order chi connectivity index (χ1) is 13.1. The van der Waals surface area contributed by atoms with E-state index in [-0.39, 0.29) is 5.91 Å². The Labute approximate surface area is 161 Å². The van der Waals surface area contributed by atoms with Gasteiger partial charge in [-0.25, -0.2) is 0 Å². The predicted octanol–water partition coefficient (Wildman–Crippen LogP) is 1.24. The molecule has 3 heterocycles. The summed E-state index contributed by atoms with van der Waals surface area (Å²) < 4.78 is 0. The number of aromatic amines is 1. The molecule has 0 radical (unpaired) electrons. The molecule has 1 aromatic carbocycles. The molecule has 6 heteroatoms. The average Bonchev–Trinajstić information content (AvgIpc) is 3.17. The lowest BCUT2D eigenvalue weighted by atomic mass is 9.98. The first-order valence-electron chi connectivity index (χ1n) is 10.2. The van der Waals surface area contributed by atoms with Gasteiger partial charge < -0.3 is 20.9 Å². The van der Waals surface area contributed by atoms with Crippen LogP contribution >= 0.6 is 0 Å². The number of H-pyrrole nitrogens is 1. The first-order valence-corrected chi connectivity index (χ1v) is 10.2. The van der Waals surface area contributed by atoms with E-state index in [0.717, 1.165) is 63.2 Å². The van der Waals surface area contributed by atoms with Gasteiger partial charge in [-0.05, 0) is 54.8 Å². The molecule has 1 aromatic heterocycles. The molecule has 1 unspecified atom stereocenters. The number of aromatic nitrogens is 1. The number of fused-ring (bicyclic) bond motifs is 1. The van der Waals surface area contributed by atoms with Crippen molar-refractivity contribution in [1.29, 1.82) is 0 Å². The van der Waals surface area contributed by atoms with Crippen molar-refractivity contribution in [3.05, 3.63) is 35.5 Å². The van der Waals surface area contributed by atoms with Crippen LogP contribution in [0.1, 0.15) is 24.0 Å². The summed E-state index contributed by atoms with van der Waals surface area (Å²) in [7, 11) is 0. The molecular weight excluding hydrogens is 338 g/mol. The molecule has 27 heavy (non-hydrogen) atoms. The topological polar surface area (TPSA) is 77.4 Å². The number of hydrogen-bond acceptors (Lipinski definition) is 4. The summed E-state index contributed by atoms with van der Waals surface area (Å²) in [5.74, 6) is 0.0978. The number of nitrogens with two attached hydrogens (primary N) is 1. The minimum atomic E-state index is -0.462. The monoisotopic (exact) mass is 369 g/mol. The highest BCUT2D eigenvalue weighted by atomic mass is 16.2. The molecular formula is C21H31N5O. The Morgan fingerprint density at radius 2 is 1.96 bits per heavy atom. The standard InChI is InChI=1S/C21H31N5O/c1-15-12-16(13-17-2-5-24-20(15)17)14-19(22)21(27)26-8-3-18(4-9-26)25-10-6-23-7-11-25/h2,5,12-13,18-19,23-24H,3-4,6-11,14,22H2,1H3. The number of rotatable bonds is 4. The van der Waals surface area contributed by atoms with Crippen molar-refractivity contribution < 1.29 is 4.79 Å². The largest absolute Gasteiger partial charge is 0.361 e. The van der Waals surface area contributed by atoms with Crippen LogP contribution in [0.3, 0.4) is 0 Å². The van der Waals surface area contributed by atoms with Gasteiger partial charge in [0.25, 0.3) is 0 Å². The van der Waals surface area contributed by atoms with E-state index < -0.39 is 6.04 Å². The number of carbonyl (C=O) groups is 1. The maximum absolute atomic E-state index is 12.9.